The first-order valence-electron chi connectivity index (χ1n) is 3.20. The largest absolute Gasteiger partial charge is 0.330 e. The van der Waals surface area contributed by atoms with Crippen molar-refractivity contribution < 1.29 is 14.5 Å². The van der Waals surface area contributed by atoms with E-state index in [9.17, 15) is 19.7 Å². The fourth-order valence-electron chi connectivity index (χ4n) is 0.762. The van der Waals surface area contributed by atoms with Crippen molar-refractivity contribution in [3.8, 4) is 0 Å². The third-order valence-corrected chi connectivity index (χ3v) is 1.71. The van der Waals surface area contributed by atoms with E-state index in [0.29, 0.717) is 0 Å². The van der Waals surface area contributed by atoms with Gasteiger partial charge < -0.3 is 5.32 Å². The van der Waals surface area contributed by atoms with Gasteiger partial charge in [0.05, 0.1) is 6.54 Å². The van der Waals surface area contributed by atoms with Gasteiger partial charge in [-0.15, -0.1) is 0 Å². The van der Waals surface area contributed by atoms with Crippen molar-refractivity contribution in [1.82, 2.24) is 10.6 Å². The third-order valence-electron chi connectivity index (χ3n) is 1.71. The van der Waals surface area contributed by atoms with Crippen LogP contribution in [0.4, 0.5) is 4.79 Å². The first-order valence-corrected chi connectivity index (χ1v) is 3.20. The van der Waals surface area contributed by atoms with Crippen molar-refractivity contribution in [3.63, 3.8) is 0 Å². The van der Waals surface area contributed by atoms with Crippen LogP contribution in [0.3, 0.4) is 0 Å². The first kappa shape index (κ1) is 8.44. The smallest absolute Gasteiger partial charge is 0.321 e. The molecule has 1 rings (SSSR count). The number of nitrogens with one attached hydrogen (secondary N) is 2. The lowest BCUT2D eigenvalue weighted by atomic mass is 10.0. The maximum Gasteiger partial charge on any atom is 0.321 e. The molecule has 1 aliphatic heterocycles. The summed E-state index contributed by atoms with van der Waals surface area (Å²) in [4.78, 5) is 31.1. The molecule has 0 aromatic carbocycles. The van der Waals surface area contributed by atoms with Crippen LogP contribution >= 0.6 is 0 Å². The van der Waals surface area contributed by atoms with Crippen molar-refractivity contribution in [1.29, 1.82) is 0 Å². The Bertz CT molecular complexity index is 263. The van der Waals surface area contributed by atoms with Crippen molar-refractivity contribution in [2.24, 2.45) is 0 Å². The van der Waals surface area contributed by atoms with Gasteiger partial charge in [0.15, 0.2) is 0 Å². The van der Waals surface area contributed by atoms with Crippen LogP contribution in [0.25, 0.3) is 0 Å². The van der Waals surface area contributed by atoms with Gasteiger partial charge in [0.1, 0.15) is 0 Å². The van der Waals surface area contributed by atoms with Gasteiger partial charge in [0, 0.05) is 11.8 Å². The molecule has 3 amide bonds. The summed E-state index contributed by atoms with van der Waals surface area (Å²) < 4.78 is 0. The maximum absolute atomic E-state index is 11.0. The van der Waals surface area contributed by atoms with Gasteiger partial charge in [0.2, 0.25) is 0 Å². The molecule has 66 valence electrons. The topological polar surface area (TPSA) is 101 Å². The van der Waals surface area contributed by atoms with Crippen LogP contribution in [-0.4, -0.2) is 28.9 Å². The molecule has 0 aromatic heterocycles. The Morgan fingerprint density at radius 3 is 2.58 bits per heavy atom. The van der Waals surface area contributed by atoms with Crippen LogP contribution in [0.1, 0.15) is 6.92 Å². The Labute approximate surface area is 67.3 Å². The van der Waals surface area contributed by atoms with Crippen molar-refractivity contribution in [2.75, 3.05) is 6.54 Å². The molecule has 2 N–H and O–H groups in total. The highest BCUT2D eigenvalue weighted by atomic mass is 16.6. The van der Waals surface area contributed by atoms with Crippen LogP contribution < -0.4 is 10.6 Å². The molecule has 0 bridgehead atoms. The van der Waals surface area contributed by atoms with E-state index in [1.807, 2.05) is 5.32 Å². The zero-order valence-corrected chi connectivity index (χ0v) is 6.29. The SMILES string of the molecule is CC1([N+](=O)[O-])CNC(=O)NC1=O. The number of carbonyl (C=O) groups excluding carboxylic acids is 2. The molecule has 12 heavy (non-hydrogen) atoms. The molecule has 7 heteroatoms. The number of urea groups is 1. The molecular weight excluding hydrogens is 166 g/mol. The molecule has 1 heterocycles. The zero-order chi connectivity index (χ0) is 9.35. The van der Waals surface area contributed by atoms with Crippen LogP contribution in [0.5, 0.6) is 0 Å². The van der Waals surface area contributed by atoms with E-state index in [4.69, 9.17) is 0 Å². The summed E-state index contributed by atoms with van der Waals surface area (Å²) in [5, 5.41) is 14.4. The Hall–Kier alpha value is -1.66. The normalized spacial score (nSPS) is 29.1. The predicted octanol–water partition coefficient (Wildman–Crippen LogP) is -1.14. The quantitative estimate of drug-likeness (QED) is 0.386. The zero-order valence-electron chi connectivity index (χ0n) is 6.29. The van der Waals surface area contributed by atoms with Gasteiger partial charge in [-0.1, -0.05) is 0 Å². The predicted molar refractivity (Wildman–Crippen MR) is 36.9 cm³/mol. The monoisotopic (exact) mass is 173 g/mol. The number of imide groups is 1. The second-order valence-electron chi connectivity index (χ2n) is 2.67. The van der Waals surface area contributed by atoms with E-state index in [2.05, 4.69) is 5.32 Å². The van der Waals surface area contributed by atoms with E-state index < -0.39 is 22.4 Å². The lowest BCUT2D eigenvalue weighted by molar-refractivity contribution is -0.545. The van der Waals surface area contributed by atoms with Crippen molar-refractivity contribution in [3.05, 3.63) is 10.1 Å². The number of nitrogens with zero attached hydrogens (tertiary/aromatic N) is 1. The molecular formula is C5H7N3O4. The summed E-state index contributed by atoms with van der Waals surface area (Å²) in [7, 11) is 0. The minimum absolute atomic E-state index is 0.273. The number of hydrogen-bond acceptors (Lipinski definition) is 4. The van der Waals surface area contributed by atoms with Gasteiger partial charge in [0.25, 0.3) is 0 Å². The van der Waals surface area contributed by atoms with E-state index in [1.165, 1.54) is 0 Å². The van der Waals surface area contributed by atoms with Crippen molar-refractivity contribution >= 4 is 11.9 Å². The van der Waals surface area contributed by atoms with Crippen LogP contribution in [0, 0.1) is 10.1 Å². The number of nitro groups is 1. The van der Waals surface area contributed by atoms with E-state index >= 15 is 0 Å². The average Bonchev–Trinajstić information content (AvgIpc) is 1.97. The summed E-state index contributed by atoms with van der Waals surface area (Å²) in [5.41, 5.74) is -1.74. The fourth-order valence-corrected chi connectivity index (χ4v) is 0.762. The van der Waals surface area contributed by atoms with Gasteiger partial charge in [-0.25, -0.2) is 4.79 Å². The van der Waals surface area contributed by atoms with Gasteiger partial charge in [-0.2, -0.15) is 0 Å². The lowest BCUT2D eigenvalue weighted by Gasteiger charge is -2.24. The number of rotatable bonds is 1. The second-order valence-corrected chi connectivity index (χ2v) is 2.67. The molecule has 1 unspecified atom stereocenters. The molecule has 0 spiro atoms. The molecule has 7 nitrogen and oxygen atoms in total. The van der Waals surface area contributed by atoms with E-state index in [1.54, 1.807) is 0 Å². The fraction of sp³-hybridized carbons (Fsp3) is 0.600. The van der Waals surface area contributed by atoms with Crippen LogP contribution in [-0.2, 0) is 4.79 Å². The molecule has 1 atom stereocenters. The van der Waals surface area contributed by atoms with Gasteiger partial charge in [-0.3, -0.25) is 20.2 Å². The summed E-state index contributed by atoms with van der Waals surface area (Å²) >= 11 is 0. The highest BCUT2D eigenvalue weighted by Gasteiger charge is 2.49. The Kier molecular flexibility index (Phi) is 1.71. The molecule has 1 fully saturated rings. The standard InChI is InChI=1S/C5H7N3O4/c1-5(8(11)12)2-6-4(10)7-3(5)9/h2H2,1H3,(H2,6,7,9,10). The number of carbonyl (C=O) groups is 2. The summed E-state index contributed by atoms with van der Waals surface area (Å²) in [6.45, 7) is 0.881. The second kappa shape index (κ2) is 2.43. The van der Waals surface area contributed by atoms with Crippen LogP contribution in [0.15, 0.2) is 0 Å². The number of hydrogen-bond donors (Lipinski definition) is 2. The molecule has 0 aromatic rings. The first-order chi connectivity index (χ1) is 5.47. The summed E-state index contributed by atoms with van der Waals surface area (Å²) in [6, 6.07) is -0.695. The highest BCUT2D eigenvalue weighted by molar-refractivity contribution is 6.01. The van der Waals surface area contributed by atoms with Gasteiger partial charge in [-0.05, 0) is 0 Å². The molecule has 0 radical (unpaired) electrons. The molecule has 1 aliphatic rings. The van der Waals surface area contributed by atoms with Crippen LogP contribution in [0.2, 0.25) is 0 Å². The summed E-state index contributed by atoms with van der Waals surface area (Å²) in [5.74, 6) is -0.878. The lowest BCUT2D eigenvalue weighted by Crippen LogP contribution is -2.64. The maximum atomic E-state index is 11.0. The molecule has 1 saturated heterocycles. The van der Waals surface area contributed by atoms with E-state index in [0.717, 1.165) is 6.92 Å². The highest BCUT2D eigenvalue weighted by Crippen LogP contribution is 2.10. The molecule has 0 aliphatic carbocycles. The third kappa shape index (κ3) is 1.09. The Morgan fingerprint density at radius 2 is 2.17 bits per heavy atom. The summed E-state index contributed by atoms with van der Waals surface area (Å²) in [6.07, 6.45) is 0. The number of amides is 3. The molecule has 0 saturated carbocycles. The van der Waals surface area contributed by atoms with E-state index in [-0.39, 0.29) is 6.54 Å². The van der Waals surface area contributed by atoms with Gasteiger partial charge >= 0.3 is 17.5 Å². The average molecular weight is 173 g/mol. The Balaban J connectivity index is 2.87. The Morgan fingerprint density at radius 1 is 1.58 bits per heavy atom. The minimum Gasteiger partial charge on any atom is -0.330 e. The minimum atomic E-state index is -1.74. The van der Waals surface area contributed by atoms with Crippen molar-refractivity contribution in [2.45, 2.75) is 12.5 Å².